The van der Waals surface area contributed by atoms with Gasteiger partial charge in [0.15, 0.2) is 0 Å². The molecule has 21 heavy (non-hydrogen) atoms. The van der Waals surface area contributed by atoms with Crippen LogP contribution in [0.4, 0.5) is 0 Å². The molecule has 0 radical (unpaired) electrons. The molecule has 0 saturated carbocycles. The van der Waals surface area contributed by atoms with Crippen LogP contribution in [-0.2, 0) is 6.54 Å². The van der Waals surface area contributed by atoms with Crippen molar-refractivity contribution in [2.24, 2.45) is 0 Å². The first-order valence-corrected chi connectivity index (χ1v) is 7.80. The Bertz CT molecular complexity index is 611. The Labute approximate surface area is 131 Å². The molecular formula is C17H23ClN2O. The second-order valence-electron chi connectivity index (χ2n) is 5.38. The molecule has 0 spiro atoms. The summed E-state index contributed by atoms with van der Waals surface area (Å²) in [5.41, 5.74) is 1.94. The van der Waals surface area contributed by atoms with Crippen LogP contribution < -0.4 is 4.74 Å². The van der Waals surface area contributed by atoms with Crippen LogP contribution in [0.5, 0.6) is 5.75 Å². The number of methoxy groups -OCH3 is 1. The van der Waals surface area contributed by atoms with Gasteiger partial charge in [-0.1, -0.05) is 25.4 Å². The van der Waals surface area contributed by atoms with Gasteiger partial charge in [-0.2, -0.15) is 0 Å². The van der Waals surface area contributed by atoms with Gasteiger partial charge in [-0.15, -0.1) is 0 Å². The van der Waals surface area contributed by atoms with E-state index in [9.17, 15) is 0 Å². The number of fused-ring (bicyclic) bond motifs is 1. The maximum atomic E-state index is 6.36. The quantitative estimate of drug-likeness (QED) is 0.734. The molecule has 0 aliphatic rings. The molecule has 0 atom stereocenters. The summed E-state index contributed by atoms with van der Waals surface area (Å²) in [5, 5.41) is 1.67. The summed E-state index contributed by atoms with van der Waals surface area (Å²) in [5.74, 6) is 0.799. The summed E-state index contributed by atoms with van der Waals surface area (Å²) in [4.78, 5) is 6.85. The van der Waals surface area contributed by atoms with E-state index in [4.69, 9.17) is 16.3 Å². The third-order valence-corrected chi connectivity index (χ3v) is 4.36. The molecule has 4 heteroatoms. The van der Waals surface area contributed by atoms with E-state index < -0.39 is 0 Å². The Kier molecular flexibility index (Phi) is 5.43. The van der Waals surface area contributed by atoms with E-state index in [-0.39, 0.29) is 0 Å². The topological polar surface area (TPSA) is 25.4 Å². The molecule has 0 aliphatic carbocycles. The summed E-state index contributed by atoms with van der Waals surface area (Å²) in [7, 11) is 3.80. The molecule has 0 unspecified atom stereocenters. The zero-order valence-corrected chi connectivity index (χ0v) is 13.9. The average Bonchev–Trinajstić information content (AvgIpc) is 2.48. The number of rotatable bonds is 6. The molecule has 0 aliphatic heterocycles. The number of benzene rings is 1. The van der Waals surface area contributed by atoms with E-state index in [1.165, 1.54) is 0 Å². The molecule has 114 valence electrons. The zero-order valence-electron chi connectivity index (χ0n) is 13.2. The number of hydrogen-bond donors (Lipinski definition) is 0. The third kappa shape index (κ3) is 3.66. The Balaban J connectivity index is 2.30. The highest BCUT2D eigenvalue weighted by molar-refractivity contribution is 6.30. The second-order valence-corrected chi connectivity index (χ2v) is 5.74. The van der Waals surface area contributed by atoms with Gasteiger partial charge in [0.2, 0.25) is 0 Å². The smallest absolute Gasteiger partial charge is 0.134 e. The highest BCUT2D eigenvalue weighted by Crippen LogP contribution is 2.25. The van der Waals surface area contributed by atoms with Gasteiger partial charge in [-0.05, 0) is 38.1 Å². The summed E-state index contributed by atoms with van der Waals surface area (Å²) >= 11 is 6.36. The van der Waals surface area contributed by atoms with Crippen molar-refractivity contribution < 1.29 is 4.74 Å². The van der Waals surface area contributed by atoms with Crippen molar-refractivity contribution in [3.63, 3.8) is 0 Å². The SMILES string of the molecule is CCC(CC)N(C)Cc1cc2ccc(OC)cc2nc1Cl. The van der Waals surface area contributed by atoms with Crippen LogP contribution in [0.3, 0.4) is 0 Å². The van der Waals surface area contributed by atoms with Crippen molar-refractivity contribution in [2.75, 3.05) is 14.2 Å². The van der Waals surface area contributed by atoms with Gasteiger partial charge in [-0.25, -0.2) is 4.98 Å². The number of nitrogens with zero attached hydrogens (tertiary/aromatic N) is 2. The molecular weight excluding hydrogens is 284 g/mol. The van der Waals surface area contributed by atoms with Crippen molar-refractivity contribution in [2.45, 2.75) is 39.3 Å². The predicted octanol–water partition coefficient (Wildman–Crippen LogP) is 4.52. The maximum Gasteiger partial charge on any atom is 0.134 e. The molecule has 0 fully saturated rings. The van der Waals surface area contributed by atoms with Gasteiger partial charge < -0.3 is 4.74 Å². The fourth-order valence-electron chi connectivity index (χ4n) is 2.71. The Morgan fingerprint density at radius 1 is 1.24 bits per heavy atom. The molecule has 1 aromatic heterocycles. The summed E-state index contributed by atoms with van der Waals surface area (Å²) in [6, 6.07) is 8.59. The minimum Gasteiger partial charge on any atom is -0.497 e. The van der Waals surface area contributed by atoms with Gasteiger partial charge >= 0.3 is 0 Å². The number of halogens is 1. The summed E-state index contributed by atoms with van der Waals surface area (Å²) in [6.07, 6.45) is 2.28. The maximum absolute atomic E-state index is 6.36. The van der Waals surface area contributed by atoms with Crippen LogP contribution in [0.2, 0.25) is 5.15 Å². The molecule has 2 rings (SSSR count). The highest BCUT2D eigenvalue weighted by atomic mass is 35.5. The molecule has 0 saturated heterocycles. The first kappa shape index (κ1) is 16.1. The molecule has 3 nitrogen and oxygen atoms in total. The normalized spacial score (nSPS) is 11.6. The van der Waals surface area contributed by atoms with Crippen molar-refractivity contribution in [3.8, 4) is 5.75 Å². The number of ether oxygens (including phenoxy) is 1. The van der Waals surface area contributed by atoms with E-state index in [0.717, 1.165) is 41.6 Å². The fourth-order valence-corrected chi connectivity index (χ4v) is 2.92. The first-order valence-electron chi connectivity index (χ1n) is 7.42. The van der Waals surface area contributed by atoms with Crippen molar-refractivity contribution in [1.82, 2.24) is 9.88 Å². The first-order chi connectivity index (χ1) is 10.1. The Hall–Kier alpha value is -1.32. The van der Waals surface area contributed by atoms with Crippen LogP contribution in [-0.4, -0.2) is 30.1 Å². The van der Waals surface area contributed by atoms with Gasteiger partial charge in [0, 0.05) is 29.6 Å². The van der Waals surface area contributed by atoms with Crippen LogP contribution in [0.15, 0.2) is 24.3 Å². The summed E-state index contributed by atoms with van der Waals surface area (Å²) in [6.45, 7) is 5.26. The molecule has 1 aromatic carbocycles. The molecule has 0 bridgehead atoms. The fraction of sp³-hybridized carbons (Fsp3) is 0.471. The van der Waals surface area contributed by atoms with Crippen LogP contribution >= 0.6 is 11.6 Å². The van der Waals surface area contributed by atoms with Crippen LogP contribution in [0.25, 0.3) is 10.9 Å². The van der Waals surface area contributed by atoms with E-state index in [0.29, 0.717) is 11.2 Å². The summed E-state index contributed by atoms with van der Waals surface area (Å²) < 4.78 is 5.23. The average molecular weight is 307 g/mol. The van der Waals surface area contributed by atoms with E-state index in [1.54, 1.807) is 7.11 Å². The van der Waals surface area contributed by atoms with E-state index >= 15 is 0 Å². The lowest BCUT2D eigenvalue weighted by molar-refractivity contribution is 0.221. The number of hydrogen-bond acceptors (Lipinski definition) is 3. The van der Waals surface area contributed by atoms with Gasteiger partial charge in [-0.3, -0.25) is 4.90 Å². The van der Waals surface area contributed by atoms with Crippen molar-refractivity contribution >= 4 is 22.5 Å². The zero-order chi connectivity index (χ0) is 15.4. The van der Waals surface area contributed by atoms with Gasteiger partial charge in [0.05, 0.1) is 12.6 Å². The van der Waals surface area contributed by atoms with Gasteiger partial charge in [0.25, 0.3) is 0 Å². The van der Waals surface area contributed by atoms with E-state index in [1.807, 2.05) is 18.2 Å². The number of aromatic nitrogens is 1. The lowest BCUT2D eigenvalue weighted by Gasteiger charge is -2.26. The largest absolute Gasteiger partial charge is 0.497 e. The van der Waals surface area contributed by atoms with Crippen LogP contribution in [0, 0.1) is 0 Å². The Morgan fingerprint density at radius 3 is 2.57 bits per heavy atom. The van der Waals surface area contributed by atoms with Crippen LogP contribution in [0.1, 0.15) is 32.3 Å². The minimum atomic E-state index is 0.577. The van der Waals surface area contributed by atoms with Crippen molar-refractivity contribution in [1.29, 1.82) is 0 Å². The monoisotopic (exact) mass is 306 g/mol. The molecule has 1 heterocycles. The second kappa shape index (κ2) is 7.10. The van der Waals surface area contributed by atoms with Gasteiger partial charge in [0.1, 0.15) is 10.9 Å². The highest BCUT2D eigenvalue weighted by Gasteiger charge is 2.14. The predicted molar refractivity (Wildman–Crippen MR) is 89.1 cm³/mol. The molecule has 0 amide bonds. The van der Waals surface area contributed by atoms with E-state index in [2.05, 4.69) is 36.8 Å². The third-order valence-electron chi connectivity index (χ3n) is 4.04. The Morgan fingerprint density at radius 2 is 1.95 bits per heavy atom. The standard InChI is InChI=1S/C17H23ClN2O/c1-5-14(6-2)20(3)11-13-9-12-7-8-15(21-4)10-16(12)19-17(13)18/h7-10,14H,5-6,11H2,1-4H3. The number of pyridine rings is 1. The molecule has 2 aromatic rings. The van der Waals surface area contributed by atoms with Crippen molar-refractivity contribution in [3.05, 3.63) is 35.0 Å². The lowest BCUT2D eigenvalue weighted by atomic mass is 10.1. The lowest BCUT2D eigenvalue weighted by Crippen LogP contribution is -2.30. The minimum absolute atomic E-state index is 0.577. The molecule has 0 N–H and O–H groups in total.